The average Bonchev–Trinajstić information content (AvgIpc) is 3.47. The zero-order valence-corrected chi connectivity index (χ0v) is 18.5. The van der Waals surface area contributed by atoms with Crippen molar-refractivity contribution in [1.82, 2.24) is 14.8 Å². The Hall–Kier alpha value is -3.91. The molecule has 2 aromatic heterocycles. The number of benzene rings is 2. The van der Waals surface area contributed by atoms with Gasteiger partial charge in [-0.05, 0) is 47.7 Å². The second-order valence-electron chi connectivity index (χ2n) is 8.19. The minimum atomic E-state index is -0.419. The third-order valence-corrected chi connectivity index (χ3v) is 7.07. The van der Waals surface area contributed by atoms with Crippen LogP contribution < -0.4 is 15.8 Å². The number of allylic oxidation sites excluding steroid dienone is 2. The molecule has 2 aromatic carbocycles. The van der Waals surface area contributed by atoms with Crippen LogP contribution >= 0.6 is 11.3 Å². The number of rotatable bonds is 4. The number of fused-ring (bicyclic) bond motifs is 1. The summed E-state index contributed by atoms with van der Waals surface area (Å²) in [5.41, 5.74) is 8.46. The van der Waals surface area contributed by atoms with Gasteiger partial charge >= 0.3 is 0 Å². The summed E-state index contributed by atoms with van der Waals surface area (Å²) in [6, 6.07) is 21.1. The standard InChI is InChI=1S/C25H21N5O2S/c26-24-28-25-27-19-13-16(21-10-5-11-33-21)14-20(31)22(19)23(30(25)29-24)15-6-4-9-18(12-15)32-17-7-2-1-3-8-17/h1-12,16,23H,13-14H2,(H3,26,27,28,29)/t16-,23+/m1/s1. The Kier molecular flexibility index (Phi) is 4.73. The van der Waals surface area contributed by atoms with Gasteiger partial charge in [0.05, 0.1) is 0 Å². The fourth-order valence-corrected chi connectivity index (χ4v) is 5.46. The molecular weight excluding hydrogens is 434 g/mol. The number of Topliss-reactive ketones (excluding diaryl/α,β-unsaturated/α-hetero) is 1. The maximum atomic E-state index is 13.5. The summed E-state index contributed by atoms with van der Waals surface area (Å²) < 4.78 is 7.75. The molecule has 4 aromatic rings. The molecule has 0 radical (unpaired) electrons. The molecule has 0 unspecified atom stereocenters. The van der Waals surface area contributed by atoms with Gasteiger partial charge < -0.3 is 15.8 Å². The summed E-state index contributed by atoms with van der Waals surface area (Å²) in [6.45, 7) is 0. The van der Waals surface area contributed by atoms with Crippen molar-refractivity contribution in [2.24, 2.45) is 0 Å². The quantitative estimate of drug-likeness (QED) is 0.443. The van der Waals surface area contributed by atoms with E-state index in [1.165, 1.54) is 4.88 Å². The molecule has 3 heterocycles. The molecule has 2 aliphatic rings. The van der Waals surface area contributed by atoms with Crippen LogP contribution in [0.3, 0.4) is 0 Å². The maximum Gasteiger partial charge on any atom is 0.241 e. The fourth-order valence-electron chi connectivity index (χ4n) is 4.63. The van der Waals surface area contributed by atoms with Crippen molar-refractivity contribution in [1.29, 1.82) is 0 Å². The Labute approximate surface area is 194 Å². The molecule has 3 N–H and O–H groups in total. The van der Waals surface area contributed by atoms with Crippen molar-refractivity contribution >= 4 is 29.0 Å². The van der Waals surface area contributed by atoms with E-state index in [0.717, 1.165) is 29.0 Å². The molecule has 7 nitrogen and oxygen atoms in total. The van der Waals surface area contributed by atoms with Crippen LogP contribution in [0.4, 0.5) is 11.9 Å². The highest BCUT2D eigenvalue weighted by Gasteiger charge is 2.40. The Morgan fingerprint density at radius 3 is 2.70 bits per heavy atom. The lowest BCUT2D eigenvalue weighted by Crippen LogP contribution is -2.33. The van der Waals surface area contributed by atoms with Gasteiger partial charge in [-0.2, -0.15) is 4.98 Å². The Bertz CT molecular complexity index is 1360. The molecule has 0 bridgehead atoms. The number of carbonyl (C=O) groups excluding carboxylic acids is 1. The molecule has 1 aliphatic heterocycles. The molecule has 6 rings (SSSR count). The Morgan fingerprint density at radius 2 is 1.88 bits per heavy atom. The van der Waals surface area contributed by atoms with Gasteiger partial charge in [-0.1, -0.05) is 36.4 Å². The van der Waals surface area contributed by atoms with E-state index in [2.05, 4.69) is 26.8 Å². The topological polar surface area (TPSA) is 95.1 Å². The van der Waals surface area contributed by atoms with Crippen LogP contribution in [-0.2, 0) is 4.79 Å². The molecule has 164 valence electrons. The molecule has 33 heavy (non-hydrogen) atoms. The number of nitrogens with two attached hydrogens (primary N) is 1. The van der Waals surface area contributed by atoms with Crippen molar-refractivity contribution in [2.45, 2.75) is 24.8 Å². The number of ketones is 1. The number of hydrogen-bond donors (Lipinski definition) is 2. The first-order valence-electron chi connectivity index (χ1n) is 10.8. The highest BCUT2D eigenvalue weighted by molar-refractivity contribution is 7.10. The molecule has 1 aliphatic carbocycles. The number of para-hydroxylation sites is 1. The first-order valence-corrected chi connectivity index (χ1v) is 11.7. The SMILES string of the molecule is Nc1nc2n(n1)[C@@H](c1cccc(Oc3ccccc3)c1)C1=C(C[C@@H](c3cccs3)CC1=O)N2. The third-order valence-electron chi connectivity index (χ3n) is 6.03. The number of nitrogens with zero attached hydrogens (tertiary/aromatic N) is 3. The molecule has 0 saturated heterocycles. The van der Waals surface area contributed by atoms with Gasteiger partial charge in [0.1, 0.15) is 17.5 Å². The summed E-state index contributed by atoms with van der Waals surface area (Å²) in [5.74, 6) is 2.42. The third kappa shape index (κ3) is 3.58. The monoisotopic (exact) mass is 455 g/mol. The van der Waals surface area contributed by atoms with E-state index >= 15 is 0 Å². The largest absolute Gasteiger partial charge is 0.457 e. The second kappa shape index (κ2) is 7.90. The fraction of sp³-hybridized carbons (Fsp3) is 0.160. The lowest BCUT2D eigenvalue weighted by Gasteiger charge is -2.34. The first-order chi connectivity index (χ1) is 16.2. The van der Waals surface area contributed by atoms with E-state index in [-0.39, 0.29) is 17.6 Å². The number of nitrogens with one attached hydrogen (secondary N) is 1. The normalized spacial score (nSPS) is 19.6. The van der Waals surface area contributed by atoms with Crippen molar-refractivity contribution in [3.05, 3.63) is 93.8 Å². The van der Waals surface area contributed by atoms with E-state index in [0.29, 0.717) is 18.1 Å². The van der Waals surface area contributed by atoms with Gasteiger partial charge in [-0.25, -0.2) is 4.68 Å². The van der Waals surface area contributed by atoms with Crippen molar-refractivity contribution in [3.63, 3.8) is 0 Å². The maximum absolute atomic E-state index is 13.5. The minimum absolute atomic E-state index is 0.112. The molecule has 2 atom stereocenters. The summed E-state index contributed by atoms with van der Waals surface area (Å²) in [5, 5.41) is 9.80. The van der Waals surface area contributed by atoms with Crippen molar-refractivity contribution in [2.75, 3.05) is 11.1 Å². The number of ether oxygens (including phenoxy) is 1. The number of hydrogen-bond acceptors (Lipinski definition) is 7. The Morgan fingerprint density at radius 1 is 1.03 bits per heavy atom. The predicted molar refractivity (Wildman–Crippen MR) is 127 cm³/mol. The van der Waals surface area contributed by atoms with E-state index < -0.39 is 6.04 Å². The van der Waals surface area contributed by atoms with Gasteiger partial charge in [0, 0.05) is 28.5 Å². The first kappa shape index (κ1) is 19.8. The molecule has 0 amide bonds. The molecule has 0 fully saturated rings. The Balaban J connectivity index is 1.42. The van der Waals surface area contributed by atoms with Crippen LogP contribution in [0.15, 0.2) is 83.4 Å². The lowest BCUT2D eigenvalue weighted by molar-refractivity contribution is -0.116. The van der Waals surface area contributed by atoms with Crippen LogP contribution in [0.25, 0.3) is 0 Å². The zero-order chi connectivity index (χ0) is 22.4. The summed E-state index contributed by atoms with van der Waals surface area (Å²) in [7, 11) is 0. The van der Waals surface area contributed by atoms with E-state index in [9.17, 15) is 4.79 Å². The van der Waals surface area contributed by atoms with Crippen LogP contribution in [0.1, 0.15) is 35.2 Å². The van der Waals surface area contributed by atoms with Gasteiger partial charge in [0.25, 0.3) is 0 Å². The number of anilines is 2. The van der Waals surface area contributed by atoms with Crippen LogP contribution in [0.2, 0.25) is 0 Å². The lowest BCUT2D eigenvalue weighted by atomic mass is 9.80. The van der Waals surface area contributed by atoms with Gasteiger partial charge in [0.2, 0.25) is 11.9 Å². The average molecular weight is 456 g/mol. The second-order valence-corrected chi connectivity index (χ2v) is 9.17. The molecule has 8 heteroatoms. The number of nitrogen functional groups attached to an aromatic ring is 1. The van der Waals surface area contributed by atoms with Crippen LogP contribution in [0, 0.1) is 0 Å². The van der Waals surface area contributed by atoms with Crippen LogP contribution in [0.5, 0.6) is 11.5 Å². The van der Waals surface area contributed by atoms with Gasteiger partial charge in [0.15, 0.2) is 5.78 Å². The van der Waals surface area contributed by atoms with E-state index in [4.69, 9.17) is 10.5 Å². The summed E-state index contributed by atoms with van der Waals surface area (Å²) in [4.78, 5) is 19.1. The van der Waals surface area contributed by atoms with E-state index in [1.54, 1.807) is 16.0 Å². The minimum Gasteiger partial charge on any atom is -0.457 e. The van der Waals surface area contributed by atoms with Crippen molar-refractivity contribution < 1.29 is 9.53 Å². The molecule has 0 saturated carbocycles. The number of thiophene rings is 1. The number of aromatic nitrogens is 3. The van der Waals surface area contributed by atoms with Crippen molar-refractivity contribution in [3.8, 4) is 11.5 Å². The zero-order valence-electron chi connectivity index (χ0n) is 17.6. The molecular formula is C25H21N5O2S. The predicted octanol–water partition coefficient (Wildman–Crippen LogP) is 5.13. The van der Waals surface area contributed by atoms with Crippen LogP contribution in [-0.4, -0.2) is 20.5 Å². The highest BCUT2D eigenvalue weighted by Crippen LogP contribution is 2.45. The summed E-state index contributed by atoms with van der Waals surface area (Å²) >= 11 is 1.69. The summed E-state index contributed by atoms with van der Waals surface area (Å²) in [6.07, 6.45) is 1.21. The van der Waals surface area contributed by atoms with Gasteiger partial charge in [-0.3, -0.25) is 4.79 Å². The number of carbonyl (C=O) groups is 1. The highest BCUT2D eigenvalue weighted by atomic mass is 32.1. The smallest absolute Gasteiger partial charge is 0.241 e. The van der Waals surface area contributed by atoms with E-state index in [1.807, 2.05) is 60.7 Å². The van der Waals surface area contributed by atoms with Gasteiger partial charge in [-0.15, -0.1) is 16.4 Å². The molecule has 0 spiro atoms.